The van der Waals surface area contributed by atoms with Crippen molar-refractivity contribution >= 4 is 11.9 Å². The molecule has 0 rings (SSSR count). The largest absolute Gasteiger partial charge is 0.462 e. The molecule has 0 aliphatic carbocycles. The van der Waals surface area contributed by atoms with Crippen molar-refractivity contribution < 1.29 is 24.5 Å². The number of hydrogen-bond acceptors (Lipinski definition) is 5. The molecule has 0 aromatic rings. The van der Waals surface area contributed by atoms with E-state index in [1.54, 1.807) is 0 Å². The quantitative estimate of drug-likeness (QED) is 0.0323. The van der Waals surface area contributed by atoms with Crippen LogP contribution in [0.2, 0.25) is 0 Å². The molecule has 0 aromatic heterocycles. The van der Waals surface area contributed by atoms with Gasteiger partial charge in [0.15, 0.2) is 0 Å². The smallest absolute Gasteiger partial charge is 0.306 e. The number of nitrogens with one attached hydrogen (secondary N) is 1. The molecule has 0 spiro atoms. The van der Waals surface area contributed by atoms with Crippen molar-refractivity contribution in [2.24, 2.45) is 0 Å². The Morgan fingerprint density at radius 2 is 0.864 bits per heavy atom. The fourth-order valence-electron chi connectivity index (χ4n) is 7.62. The number of allylic oxidation sites excluding steroid dienone is 8. The first kappa shape index (κ1) is 56.8. The maximum Gasteiger partial charge on any atom is 0.306 e. The summed E-state index contributed by atoms with van der Waals surface area (Å²) in [5.41, 5.74) is 0. The van der Waals surface area contributed by atoms with Crippen LogP contribution in [-0.4, -0.2) is 46.9 Å². The normalized spacial score (nSPS) is 13.6. The summed E-state index contributed by atoms with van der Waals surface area (Å²) in [4.78, 5) is 26.0. The highest BCUT2D eigenvalue weighted by molar-refractivity contribution is 5.77. The number of carbonyl (C=O) groups is 2. The van der Waals surface area contributed by atoms with E-state index in [1.165, 1.54) is 135 Å². The standard InChI is InChI=1S/C53H97NO5/c1-4-7-10-13-16-19-21-23-25-27-28-30-33-35-38-41-44-49(59-53(58)46-43-40-37-32-18-15-12-9-6-3)47-52(57)54-50(48-55)51(56)45-42-39-36-34-31-29-26-24-22-20-17-14-11-8-5-2/h16,19,21,23,25,27-28,30,49-51,55-56H,4-15,17-18,20,22,24,26,29,31-48H2,1-3H3,(H,54,57)/b19-16+,23-21+,27-25+,30-28+. The maximum absolute atomic E-state index is 13.2. The van der Waals surface area contributed by atoms with Crippen molar-refractivity contribution in [3.8, 4) is 0 Å². The van der Waals surface area contributed by atoms with Gasteiger partial charge in [0.2, 0.25) is 5.91 Å². The lowest BCUT2D eigenvalue weighted by Crippen LogP contribution is -2.46. The molecule has 0 aliphatic rings. The zero-order chi connectivity index (χ0) is 43.1. The molecule has 3 atom stereocenters. The predicted octanol–water partition coefficient (Wildman–Crippen LogP) is 15.1. The summed E-state index contributed by atoms with van der Waals surface area (Å²) < 4.78 is 5.89. The minimum Gasteiger partial charge on any atom is -0.462 e. The van der Waals surface area contributed by atoms with Crippen LogP contribution in [-0.2, 0) is 14.3 Å². The third-order valence-corrected chi connectivity index (χ3v) is 11.5. The van der Waals surface area contributed by atoms with E-state index >= 15 is 0 Å². The highest BCUT2D eigenvalue weighted by atomic mass is 16.5. The van der Waals surface area contributed by atoms with Crippen molar-refractivity contribution in [3.63, 3.8) is 0 Å². The second-order valence-corrected chi connectivity index (χ2v) is 17.3. The monoisotopic (exact) mass is 828 g/mol. The van der Waals surface area contributed by atoms with Crippen LogP contribution >= 0.6 is 0 Å². The van der Waals surface area contributed by atoms with E-state index in [1.807, 2.05) is 6.08 Å². The van der Waals surface area contributed by atoms with Gasteiger partial charge in [-0.15, -0.1) is 0 Å². The lowest BCUT2D eigenvalue weighted by atomic mass is 10.0. The van der Waals surface area contributed by atoms with Crippen molar-refractivity contribution in [1.82, 2.24) is 5.32 Å². The van der Waals surface area contributed by atoms with Crippen LogP contribution in [0.1, 0.15) is 252 Å². The molecule has 0 saturated heterocycles. The lowest BCUT2D eigenvalue weighted by molar-refractivity contribution is -0.151. The predicted molar refractivity (Wildman–Crippen MR) is 255 cm³/mol. The van der Waals surface area contributed by atoms with Crippen molar-refractivity contribution in [1.29, 1.82) is 0 Å². The van der Waals surface area contributed by atoms with Crippen LogP contribution in [0.15, 0.2) is 48.6 Å². The van der Waals surface area contributed by atoms with Crippen LogP contribution in [0.5, 0.6) is 0 Å². The molecule has 6 nitrogen and oxygen atoms in total. The Morgan fingerprint density at radius 1 is 0.492 bits per heavy atom. The minimum atomic E-state index is -0.797. The molecule has 3 unspecified atom stereocenters. The summed E-state index contributed by atoms with van der Waals surface area (Å²) in [6.07, 6.45) is 56.0. The van der Waals surface area contributed by atoms with E-state index in [0.29, 0.717) is 19.3 Å². The van der Waals surface area contributed by atoms with Crippen LogP contribution in [0.25, 0.3) is 0 Å². The van der Waals surface area contributed by atoms with E-state index in [4.69, 9.17) is 4.74 Å². The molecule has 344 valence electrons. The van der Waals surface area contributed by atoms with Crippen LogP contribution in [0, 0.1) is 0 Å². The fourth-order valence-corrected chi connectivity index (χ4v) is 7.62. The van der Waals surface area contributed by atoms with Gasteiger partial charge in [0.05, 0.1) is 25.2 Å². The maximum atomic E-state index is 13.2. The van der Waals surface area contributed by atoms with E-state index in [0.717, 1.165) is 70.6 Å². The third kappa shape index (κ3) is 42.3. The number of esters is 1. The Labute approximate surface area is 366 Å². The topological polar surface area (TPSA) is 95.9 Å². The zero-order valence-electron chi connectivity index (χ0n) is 39.1. The summed E-state index contributed by atoms with van der Waals surface area (Å²) in [6, 6.07) is -0.712. The Hall–Kier alpha value is -2.18. The molecule has 0 aromatic carbocycles. The van der Waals surface area contributed by atoms with Crippen molar-refractivity contribution in [2.45, 2.75) is 270 Å². The van der Waals surface area contributed by atoms with E-state index < -0.39 is 18.2 Å². The Balaban J connectivity index is 4.60. The van der Waals surface area contributed by atoms with Crippen LogP contribution < -0.4 is 5.32 Å². The van der Waals surface area contributed by atoms with Gasteiger partial charge in [-0.05, 0) is 51.4 Å². The molecular weight excluding hydrogens is 731 g/mol. The van der Waals surface area contributed by atoms with Gasteiger partial charge in [0.25, 0.3) is 0 Å². The first-order valence-electron chi connectivity index (χ1n) is 25.4. The average molecular weight is 828 g/mol. The van der Waals surface area contributed by atoms with Gasteiger partial charge in [-0.3, -0.25) is 9.59 Å². The number of ether oxygens (including phenoxy) is 1. The first-order valence-corrected chi connectivity index (χ1v) is 25.4. The van der Waals surface area contributed by atoms with Crippen LogP contribution in [0.4, 0.5) is 0 Å². The molecule has 1 amide bonds. The highest BCUT2D eigenvalue weighted by Gasteiger charge is 2.24. The summed E-state index contributed by atoms with van der Waals surface area (Å²) in [6.45, 7) is 6.42. The Morgan fingerprint density at radius 3 is 1.34 bits per heavy atom. The number of unbranched alkanes of at least 4 members (excludes halogenated alkanes) is 28. The summed E-state index contributed by atoms with van der Waals surface area (Å²) >= 11 is 0. The van der Waals surface area contributed by atoms with E-state index in [2.05, 4.69) is 68.6 Å². The third-order valence-electron chi connectivity index (χ3n) is 11.5. The van der Waals surface area contributed by atoms with Gasteiger partial charge < -0.3 is 20.3 Å². The molecular formula is C53H97NO5. The molecule has 0 bridgehead atoms. The van der Waals surface area contributed by atoms with Gasteiger partial charge in [0.1, 0.15) is 6.10 Å². The van der Waals surface area contributed by atoms with Gasteiger partial charge >= 0.3 is 5.97 Å². The molecule has 0 heterocycles. The second kappa shape index (κ2) is 46.9. The number of rotatable bonds is 45. The average Bonchev–Trinajstić information content (AvgIpc) is 3.23. The van der Waals surface area contributed by atoms with Gasteiger partial charge in [-0.2, -0.15) is 0 Å². The molecule has 0 aliphatic heterocycles. The van der Waals surface area contributed by atoms with E-state index in [9.17, 15) is 19.8 Å². The second-order valence-electron chi connectivity index (χ2n) is 17.3. The SMILES string of the molecule is CCCCC/C=C/C=C/C=C/C=C/CCCCCC(CC(=O)NC(CO)C(O)CCCCCCCCCCCCCCCCC)OC(=O)CCCCCCCCCCC. The number of aliphatic hydroxyl groups is 2. The minimum absolute atomic E-state index is 0.0534. The first-order chi connectivity index (χ1) is 29.0. The molecule has 59 heavy (non-hydrogen) atoms. The molecule has 3 N–H and O–H groups in total. The van der Waals surface area contributed by atoms with E-state index in [-0.39, 0.29) is 24.9 Å². The summed E-state index contributed by atoms with van der Waals surface area (Å²) in [5, 5.41) is 23.7. The van der Waals surface area contributed by atoms with Crippen LogP contribution in [0.3, 0.4) is 0 Å². The number of hydrogen-bond donors (Lipinski definition) is 3. The fraction of sp³-hybridized carbons (Fsp3) is 0.811. The molecule has 6 heteroatoms. The Bertz CT molecular complexity index is 1020. The Kier molecular flexibility index (Phi) is 45.1. The molecule has 0 saturated carbocycles. The lowest BCUT2D eigenvalue weighted by Gasteiger charge is -2.24. The van der Waals surface area contributed by atoms with Crippen molar-refractivity contribution in [2.75, 3.05) is 6.61 Å². The number of aliphatic hydroxyl groups excluding tert-OH is 2. The zero-order valence-corrected chi connectivity index (χ0v) is 39.1. The number of amides is 1. The number of carbonyl (C=O) groups excluding carboxylic acids is 2. The van der Waals surface area contributed by atoms with Gasteiger partial charge in [-0.25, -0.2) is 0 Å². The van der Waals surface area contributed by atoms with Gasteiger partial charge in [0, 0.05) is 6.42 Å². The van der Waals surface area contributed by atoms with Crippen molar-refractivity contribution in [3.05, 3.63) is 48.6 Å². The highest BCUT2D eigenvalue weighted by Crippen LogP contribution is 2.17. The van der Waals surface area contributed by atoms with Gasteiger partial charge in [-0.1, -0.05) is 236 Å². The molecule has 0 radical (unpaired) electrons. The molecule has 0 fully saturated rings. The summed E-state index contributed by atoms with van der Waals surface area (Å²) in [7, 11) is 0. The summed E-state index contributed by atoms with van der Waals surface area (Å²) in [5.74, 6) is -0.510.